The maximum atomic E-state index is 13.3. The van der Waals surface area contributed by atoms with E-state index in [-0.39, 0.29) is 27.6 Å². The van der Waals surface area contributed by atoms with Crippen molar-refractivity contribution < 1.29 is 22.9 Å². The summed E-state index contributed by atoms with van der Waals surface area (Å²) in [6.45, 7) is 0. The van der Waals surface area contributed by atoms with Gasteiger partial charge in [-0.05, 0) is 12.1 Å². The summed E-state index contributed by atoms with van der Waals surface area (Å²) in [5.41, 5.74) is -0.198. The van der Waals surface area contributed by atoms with Crippen molar-refractivity contribution in [1.29, 1.82) is 0 Å². The Labute approximate surface area is 147 Å². The van der Waals surface area contributed by atoms with Gasteiger partial charge in [0.2, 0.25) is 11.7 Å². The summed E-state index contributed by atoms with van der Waals surface area (Å²) in [4.78, 5) is 28.5. The highest BCUT2D eigenvalue weighted by molar-refractivity contribution is 7.99. The van der Waals surface area contributed by atoms with Crippen LogP contribution in [0.15, 0.2) is 35.5 Å². The first kappa shape index (κ1) is 17.7. The number of nitro benzene ring substituents is 1. The fourth-order valence-electron chi connectivity index (χ4n) is 2.11. The van der Waals surface area contributed by atoms with Crippen LogP contribution >= 0.6 is 11.8 Å². The molecule has 3 rings (SSSR count). The fourth-order valence-corrected chi connectivity index (χ4v) is 2.80. The molecule has 2 aromatic carbocycles. The number of aromatic amines is 1. The van der Waals surface area contributed by atoms with E-state index >= 15 is 0 Å². The molecule has 134 valence electrons. The number of carbonyl (C=O) groups excluding carboxylic acids is 1. The third-order valence-electron chi connectivity index (χ3n) is 3.27. The summed E-state index contributed by atoms with van der Waals surface area (Å²) in [6, 6.07) is 4.87. The highest BCUT2D eigenvalue weighted by atomic mass is 32.2. The zero-order valence-electron chi connectivity index (χ0n) is 12.8. The number of benzene rings is 2. The zero-order chi connectivity index (χ0) is 18.8. The van der Waals surface area contributed by atoms with Gasteiger partial charge in [-0.25, -0.2) is 13.8 Å². The van der Waals surface area contributed by atoms with Crippen LogP contribution in [0.25, 0.3) is 11.0 Å². The van der Waals surface area contributed by atoms with Crippen LogP contribution in [0.3, 0.4) is 0 Å². The number of nitrogens with one attached hydrogen (secondary N) is 2. The number of imidazole rings is 1. The molecule has 1 aromatic heterocycles. The van der Waals surface area contributed by atoms with Gasteiger partial charge in [0, 0.05) is 23.9 Å². The number of amides is 1. The highest BCUT2D eigenvalue weighted by Crippen LogP contribution is 2.24. The lowest BCUT2D eigenvalue weighted by Gasteiger charge is -2.04. The molecule has 11 heteroatoms. The van der Waals surface area contributed by atoms with Crippen molar-refractivity contribution in [2.75, 3.05) is 11.1 Å². The molecule has 0 aliphatic rings. The number of rotatable bonds is 5. The SMILES string of the molecule is O=C(CSc1nc2cc(F)c(F)cc2[nH]1)Nc1ccc(F)c([N+](=O)[O-])c1. The minimum absolute atomic E-state index is 0.0671. The number of nitrogens with zero attached hydrogens (tertiary/aromatic N) is 2. The Morgan fingerprint density at radius 3 is 2.65 bits per heavy atom. The lowest BCUT2D eigenvalue weighted by atomic mass is 10.2. The number of nitro groups is 1. The molecule has 0 bridgehead atoms. The van der Waals surface area contributed by atoms with E-state index in [0.29, 0.717) is 0 Å². The number of halogens is 3. The molecule has 0 aliphatic carbocycles. The first-order valence-corrected chi connectivity index (χ1v) is 8.03. The molecule has 0 aliphatic heterocycles. The van der Waals surface area contributed by atoms with Crippen molar-refractivity contribution in [2.24, 2.45) is 0 Å². The molecular weight excluding hydrogens is 373 g/mol. The van der Waals surface area contributed by atoms with Gasteiger partial charge in [-0.3, -0.25) is 14.9 Å². The number of anilines is 1. The average molecular weight is 382 g/mol. The quantitative estimate of drug-likeness (QED) is 0.399. The molecule has 3 aromatic rings. The van der Waals surface area contributed by atoms with Crippen LogP contribution in [-0.4, -0.2) is 26.6 Å². The van der Waals surface area contributed by atoms with Crippen molar-refractivity contribution in [3.63, 3.8) is 0 Å². The van der Waals surface area contributed by atoms with Gasteiger partial charge in [0.1, 0.15) is 0 Å². The van der Waals surface area contributed by atoms with Gasteiger partial charge < -0.3 is 10.3 Å². The second-order valence-electron chi connectivity index (χ2n) is 5.09. The van der Waals surface area contributed by atoms with Gasteiger partial charge in [-0.1, -0.05) is 11.8 Å². The number of H-pyrrole nitrogens is 1. The van der Waals surface area contributed by atoms with Crippen molar-refractivity contribution in [2.45, 2.75) is 5.16 Å². The Morgan fingerprint density at radius 1 is 1.19 bits per heavy atom. The van der Waals surface area contributed by atoms with Crippen LogP contribution in [0.4, 0.5) is 24.5 Å². The Hall–Kier alpha value is -3.08. The Morgan fingerprint density at radius 2 is 1.92 bits per heavy atom. The maximum absolute atomic E-state index is 13.3. The van der Waals surface area contributed by atoms with Crippen molar-refractivity contribution in [3.05, 3.63) is 57.9 Å². The topological polar surface area (TPSA) is 101 Å². The van der Waals surface area contributed by atoms with Crippen LogP contribution in [0.2, 0.25) is 0 Å². The molecule has 0 radical (unpaired) electrons. The molecule has 0 saturated heterocycles. The second kappa shape index (κ2) is 7.04. The van der Waals surface area contributed by atoms with Gasteiger partial charge in [-0.2, -0.15) is 4.39 Å². The highest BCUT2D eigenvalue weighted by Gasteiger charge is 2.16. The number of hydrogen-bond donors (Lipinski definition) is 2. The molecule has 2 N–H and O–H groups in total. The predicted molar refractivity (Wildman–Crippen MR) is 88.4 cm³/mol. The van der Waals surface area contributed by atoms with Crippen molar-refractivity contribution >= 4 is 40.1 Å². The molecule has 0 saturated carbocycles. The minimum Gasteiger partial charge on any atom is -0.333 e. The lowest BCUT2D eigenvalue weighted by Crippen LogP contribution is -2.14. The van der Waals surface area contributed by atoms with E-state index in [1.54, 1.807) is 0 Å². The van der Waals surface area contributed by atoms with Gasteiger partial charge in [0.25, 0.3) is 0 Å². The summed E-state index contributed by atoms with van der Waals surface area (Å²) < 4.78 is 39.6. The van der Waals surface area contributed by atoms with E-state index in [1.807, 2.05) is 0 Å². The molecule has 1 amide bonds. The van der Waals surface area contributed by atoms with Crippen molar-refractivity contribution in [3.8, 4) is 0 Å². The summed E-state index contributed by atoms with van der Waals surface area (Å²) >= 11 is 0.967. The van der Waals surface area contributed by atoms with Crippen LogP contribution in [0.5, 0.6) is 0 Å². The molecular formula is C15H9F3N4O3S. The summed E-state index contributed by atoms with van der Waals surface area (Å²) in [6.07, 6.45) is 0. The van der Waals surface area contributed by atoms with E-state index in [1.165, 1.54) is 6.07 Å². The number of hydrogen-bond acceptors (Lipinski definition) is 5. The number of aromatic nitrogens is 2. The minimum atomic E-state index is -1.03. The maximum Gasteiger partial charge on any atom is 0.306 e. The number of thioether (sulfide) groups is 1. The van der Waals surface area contributed by atoms with Gasteiger partial charge in [0.05, 0.1) is 21.7 Å². The number of carbonyl (C=O) groups is 1. The summed E-state index contributed by atoms with van der Waals surface area (Å²) in [5, 5.41) is 13.3. The monoisotopic (exact) mass is 382 g/mol. The standard InChI is InChI=1S/C15H9F3N4O3S/c16-8-2-1-7(3-13(8)22(24)25)19-14(23)6-26-15-20-11-4-9(17)10(18)5-12(11)21-15/h1-5H,6H2,(H,19,23)(H,20,21). The average Bonchev–Trinajstić information content (AvgIpc) is 2.96. The van der Waals surface area contributed by atoms with E-state index in [2.05, 4.69) is 15.3 Å². The Kier molecular flexibility index (Phi) is 4.80. The van der Waals surface area contributed by atoms with E-state index in [4.69, 9.17) is 0 Å². The second-order valence-corrected chi connectivity index (χ2v) is 6.05. The van der Waals surface area contributed by atoms with Crippen LogP contribution in [-0.2, 0) is 4.79 Å². The van der Waals surface area contributed by atoms with Crippen LogP contribution in [0.1, 0.15) is 0 Å². The number of fused-ring (bicyclic) bond motifs is 1. The van der Waals surface area contributed by atoms with E-state index < -0.39 is 34.0 Å². The van der Waals surface area contributed by atoms with Crippen LogP contribution < -0.4 is 5.32 Å². The van der Waals surface area contributed by atoms with E-state index in [9.17, 15) is 28.1 Å². The van der Waals surface area contributed by atoms with Gasteiger partial charge in [0.15, 0.2) is 16.8 Å². The van der Waals surface area contributed by atoms with Crippen molar-refractivity contribution in [1.82, 2.24) is 9.97 Å². The third kappa shape index (κ3) is 3.77. The normalized spacial score (nSPS) is 10.9. The summed E-state index contributed by atoms with van der Waals surface area (Å²) in [7, 11) is 0. The smallest absolute Gasteiger partial charge is 0.306 e. The third-order valence-corrected chi connectivity index (χ3v) is 4.14. The molecule has 0 fully saturated rings. The largest absolute Gasteiger partial charge is 0.333 e. The molecule has 0 atom stereocenters. The zero-order valence-corrected chi connectivity index (χ0v) is 13.6. The van der Waals surface area contributed by atoms with Crippen LogP contribution in [0, 0.1) is 27.6 Å². The Balaban J connectivity index is 1.66. The molecule has 1 heterocycles. The first-order valence-electron chi connectivity index (χ1n) is 7.05. The molecule has 7 nitrogen and oxygen atoms in total. The predicted octanol–water partition coefficient (Wildman–Crippen LogP) is 3.62. The first-order chi connectivity index (χ1) is 12.3. The molecule has 0 spiro atoms. The molecule has 26 heavy (non-hydrogen) atoms. The molecule has 0 unspecified atom stereocenters. The lowest BCUT2D eigenvalue weighted by molar-refractivity contribution is -0.387. The van der Waals surface area contributed by atoms with E-state index in [0.717, 1.165) is 36.0 Å². The Bertz CT molecular complexity index is 986. The van der Waals surface area contributed by atoms with Gasteiger partial charge in [-0.15, -0.1) is 0 Å². The van der Waals surface area contributed by atoms with Gasteiger partial charge >= 0.3 is 5.69 Å². The summed E-state index contributed by atoms with van der Waals surface area (Å²) in [5.74, 6) is -3.71. The fraction of sp³-hybridized carbons (Fsp3) is 0.0667.